The van der Waals surface area contributed by atoms with Gasteiger partial charge in [0.15, 0.2) is 10.8 Å². The minimum absolute atomic E-state index is 0.241. The lowest BCUT2D eigenvalue weighted by atomic mass is 10.1. The molecule has 0 aliphatic carbocycles. The van der Waals surface area contributed by atoms with Gasteiger partial charge in [0.05, 0.1) is 21.8 Å². The largest absolute Gasteiger partial charge is 0.361 e. The summed E-state index contributed by atoms with van der Waals surface area (Å²) in [6, 6.07) is 9.50. The van der Waals surface area contributed by atoms with E-state index in [1.807, 2.05) is 24.3 Å². The summed E-state index contributed by atoms with van der Waals surface area (Å²) in [7, 11) is 0. The molecule has 2 aromatic heterocycles. The number of unbranched alkanes of at least 4 members (excludes halogenated alkanes) is 1. The molecule has 0 saturated heterocycles. The van der Waals surface area contributed by atoms with Crippen LogP contribution < -0.4 is 26.9 Å². The number of pyridine rings is 1. The van der Waals surface area contributed by atoms with Crippen LogP contribution in [0.4, 0.5) is 0 Å². The summed E-state index contributed by atoms with van der Waals surface area (Å²) in [5.41, 5.74) is 8.11. The van der Waals surface area contributed by atoms with E-state index in [1.54, 1.807) is 6.92 Å². The summed E-state index contributed by atoms with van der Waals surface area (Å²) in [5, 5.41) is 13.5. The Hall–Kier alpha value is -3.18. The first-order valence-corrected chi connectivity index (χ1v) is 9.12. The SMILES string of the molecule is CCCCNC(=S)NNC=c1c(C)c(C#N)c2nc3ccccc3n2c1=O. The molecule has 0 spiro atoms. The molecule has 0 aliphatic heterocycles. The van der Waals surface area contributed by atoms with Gasteiger partial charge in [0.25, 0.3) is 5.56 Å². The number of hydrazine groups is 1. The van der Waals surface area contributed by atoms with Crippen LogP contribution in [0, 0.1) is 18.3 Å². The quantitative estimate of drug-likeness (QED) is 0.348. The fraction of sp³-hybridized carbons (Fsp3) is 0.263. The normalized spacial score (nSPS) is 11.5. The van der Waals surface area contributed by atoms with Crippen molar-refractivity contribution < 1.29 is 0 Å². The Kier molecular flexibility index (Phi) is 5.52. The van der Waals surface area contributed by atoms with Crippen LogP contribution in [0.15, 0.2) is 29.1 Å². The number of nitrogens with one attached hydrogen (secondary N) is 3. The van der Waals surface area contributed by atoms with Crippen LogP contribution in [0.5, 0.6) is 0 Å². The van der Waals surface area contributed by atoms with Crippen molar-refractivity contribution in [3.63, 3.8) is 0 Å². The molecular weight excluding hydrogens is 360 g/mol. The van der Waals surface area contributed by atoms with E-state index in [0.29, 0.717) is 38.1 Å². The van der Waals surface area contributed by atoms with Crippen molar-refractivity contribution in [2.75, 3.05) is 6.54 Å². The molecule has 1 aromatic carbocycles. The molecule has 0 unspecified atom stereocenters. The summed E-state index contributed by atoms with van der Waals surface area (Å²) in [5.74, 6) is 0. The van der Waals surface area contributed by atoms with Gasteiger partial charge in [-0.05, 0) is 43.3 Å². The molecule has 3 N–H and O–H groups in total. The van der Waals surface area contributed by atoms with Gasteiger partial charge in [0.2, 0.25) is 0 Å². The van der Waals surface area contributed by atoms with Crippen LogP contribution >= 0.6 is 12.2 Å². The number of hydrogen-bond acceptors (Lipinski definition) is 5. The van der Waals surface area contributed by atoms with E-state index in [0.717, 1.165) is 19.4 Å². The van der Waals surface area contributed by atoms with E-state index in [4.69, 9.17) is 12.2 Å². The Morgan fingerprint density at radius 2 is 2.19 bits per heavy atom. The molecule has 0 atom stereocenters. The highest BCUT2D eigenvalue weighted by atomic mass is 32.1. The molecule has 138 valence electrons. The van der Waals surface area contributed by atoms with E-state index in [2.05, 4.69) is 34.1 Å². The predicted octanol–water partition coefficient (Wildman–Crippen LogP) is 1.25. The molecule has 0 radical (unpaired) electrons. The van der Waals surface area contributed by atoms with Crippen molar-refractivity contribution in [2.24, 2.45) is 0 Å². The van der Waals surface area contributed by atoms with E-state index < -0.39 is 0 Å². The fourth-order valence-electron chi connectivity index (χ4n) is 2.88. The molecule has 3 aromatic rings. The number of aromatic nitrogens is 2. The minimum Gasteiger partial charge on any atom is -0.361 e. The maximum Gasteiger partial charge on any atom is 0.265 e. The number of benzene rings is 1. The van der Waals surface area contributed by atoms with Crippen LogP contribution in [-0.4, -0.2) is 21.0 Å². The van der Waals surface area contributed by atoms with Gasteiger partial charge in [-0.2, -0.15) is 5.26 Å². The summed E-state index contributed by atoms with van der Waals surface area (Å²) in [6.07, 6.45) is 3.62. The standard InChI is InChI=1S/C19H20N6OS/c1-3-4-9-21-19(27)24-22-11-14-12(2)13(10-20)17-23-15-7-5-6-8-16(15)25(17)18(14)26/h5-8,11,22H,3-4,9H2,1-2H3,(H2,21,24,27). The molecular formula is C19H20N6OS. The van der Waals surface area contributed by atoms with Crippen LogP contribution in [0.3, 0.4) is 0 Å². The van der Waals surface area contributed by atoms with E-state index in [-0.39, 0.29) is 5.56 Å². The van der Waals surface area contributed by atoms with Crippen LogP contribution in [0.2, 0.25) is 0 Å². The zero-order valence-electron chi connectivity index (χ0n) is 15.2. The first-order valence-electron chi connectivity index (χ1n) is 8.72. The zero-order chi connectivity index (χ0) is 19.4. The van der Waals surface area contributed by atoms with Crippen molar-refractivity contribution in [1.82, 2.24) is 25.6 Å². The average molecular weight is 380 g/mol. The molecule has 2 heterocycles. The third-order valence-electron chi connectivity index (χ3n) is 4.33. The average Bonchev–Trinajstić information content (AvgIpc) is 3.04. The summed E-state index contributed by atoms with van der Waals surface area (Å²) >= 11 is 5.17. The smallest absolute Gasteiger partial charge is 0.265 e. The van der Waals surface area contributed by atoms with Gasteiger partial charge in [0.1, 0.15) is 6.07 Å². The van der Waals surface area contributed by atoms with Gasteiger partial charge in [-0.15, -0.1) is 0 Å². The van der Waals surface area contributed by atoms with E-state index in [9.17, 15) is 10.1 Å². The lowest BCUT2D eigenvalue weighted by molar-refractivity contribution is 0.730. The number of rotatable bonds is 5. The van der Waals surface area contributed by atoms with E-state index in [1.165, 1.54) is 10.6 Å². The van der Waals surface area contributed by atoms with E-state index >= 15 is 0 Å². The molecule has 0 aliphatic rings. The van der Waals surface area contributed by atoms with Gasteiger partial charge in [-0.1, -0.05) is 25.5 Å². The maximum atomic E-state index is 13.0. The molecule has 0 amide bonds. The second-order valence-electron chi connectivity index (χ2n) is 6.11. The Bertz CT molecular complexity index is 1160. The van der Waals surface area contributed by atoms with Gasteiger partial charge in [0, 0.05) is 12.7 Å². The number of nitrogens with zero attached hydrogens (tertiary/aromatic N) is 3. The van der Waals surface area contributed by atoms with Crippen LogP contribution in [0.1, 0.15) is 30.9 Å². The Balaban J connectivity index is 2.03. The van der Waals surface area contributed by atoms with Crippen LogP contribution in [0.25, 0.3) is 22.9 Å². The summed E-state index contributed by atoms with van der Waals surface area (Å²) in [4.78, 5) is 17.5. The molecule has 0 saturated carbocycles. The zero-order valence-corrected chi connectivity index (χ0v) is 16.0. The van der Waals surface area contributed by atoms with Crippen molar-refractivity contribution in [2.45, 2.75) is 26.7 Å². The number of fused-ring (bicyclic) bond motifs is 3. The lowest BCUT2D eigenvalue weighted by Gasteiger charge is -2.09. The topological polar surface area (TPSA) is 94.2 Å². The highest BCUT2D eigenvalue weighted by Gasteiger charge is 2.15. The highest BCUT2D eigenvalue weighted by molar-refractivity contribution is 7.80. The molecule has 8 heteroatoms. The van der Waals surface area contributed by atoms with Crippen molar-refractivity contribution in [1.29, 1.82) is 5.26 Å². The second-order valence-corrected chi connectivity index (χ2v) is 6.52. The number of thiocarbonyl (C=S) groups is 1. The Morgan fingerprint density at radius 3 is 2.93 bits per heavy atom. The Morgan fingerprint density at radius 1 is 1.41 bits per heavy atom. The molecule has 0 bridgehead atoms. The monoisotopic (exact) mass is 380 g/mol. The Labute approximate surface area is 161 Å². The second kappa shape index (κ2) is 8.01. The van der Waals surface area contributed by atoms with Gasteiger partial charge in [-0.25, -0.2) is 4.98 Å². The predicted molar refractivity (Wildman–Crippen MR) is 110 cm³/mol. The first-order chi connectivity index (χ1) is 13.1. The number of hydrogen-bond donors (Lipinski definition) is 3. The van der Waals surface area contributed by atoms with Crippen molar-refractivity contribution in [3.8, 4) is 6.07 Å². The fourth-order valence-corrected chi connectivity index (χ4v) is 3.04. The van der Waals surface area contributed by atoms with Crippen molar-refractivity contribution in [3.05, 3.63) is 51.0 Å². The third kappa shape index (κ3) is 3.55. The third-order valence-corrected chi connectivity index (χ3v) is 4.57. The summed E-state index contributed by atoms with van der Waals surface area (Å²) in [6.45, 7) is 4.62. The number of imidazole rings is 1. The maximum absolute atomic E-state index is 13.0. The van der Waals surface area contributed by atoms with Gasteiger partial charge in [-0.3, -0.25) is 14.6 Å². The number of nitriles is 1. The molecule has 7 nitrogen and oxygen atoms in total. The van der Waals surface area contributed by atoms with Crippen LogP contribution in [-0.2, 0) is 0 Å². The van der Waals surface area contributed by atoms with Gasteiger partial charge < -0.3 is 10.7 Å². The van der Waals surface area contributed by atoms with Crippen molar-refractivity contribution >= 4 is 40.2 Å². The highest BCUT2D eigenvalue weighted by Crippen LogP contribution is 2.17. The summed E-state index contributed by atoms with van der Waals surface area (Å²) < 4.78 is 1.48. The molecule has 3 rings (SSSR count). The first kappa shape index (κ1) is 18.6. The molecule has 0 fully saturated rings. The molecule has 27 heavy (non-hydrogen) atoms. The lowest BCUT2D eigenvalue weighted by Crippen LogP contribution is -2.44. The number of para-hydroxylation sites is 2. The minimum atomic E-state index is -0.241. The van der Waals surface area contributed by atoms with Gasteiger partial charge >= 0.3 is 0 Å².